The van der Waals surface area contributed by atoms with Crippen LogP contribution in [0.15, 0.2) is 30.3 Å². The molecule has 1 fully saturated rings. The number of carbonyl (C=O) groups is 1. The average Bonchev–Trinajstić information content (AvgIpc) is 2.91. The molecule has 0 radical (unpaired) electrons. The molecule has 1 aromatic carbocycles. The molecule has 4 nitrogen and oxygen atoms in total. The normalized spacial score (nSPS) is 20.4. The summed E-state index contributed by atoms with van der Waals surface area (Å²) in [4.78, 5) is 14.3. The van der Waals surface area contributed by atoms with Gasteiger partial charge in [0.1, 0.15) is 0 Å². The summed E-state index contributed by atoms with van der Waals surface area (Å²) in [5.74, 6) is 0.124. The second-order valence-electron chi connectivity index (χ2n) is 6.07. The van der Waals surface area contributed by atoms with Gasteiger partial charge < -0.3 is 11.1 Å². The standard InChI is InChI=1S/C17H27N3O/c1-14(18)9-10-17(21)19-12-16-8-5-11-20(16)13-15-6-3-2-4-7-15/h2-4,6-7,14,16H,5,8-13,18H2,1H3,(H,19,21). The zero-order chi connectivity index (χ0) is 15.1. The number of nitrogens with zero attached hydrogens (tertiary/aromatic N) is 1. The van der Waals surface area contributed by atoms with Crippen molar-refractivity contribution in [3.63, 3.8) is 0 Å². The lowest BCUT2D eigenvalue weighted by Gasteiger charge is -2.24. The summed E-state index contributed by atoms with van der Waals surface area (Å²) >= 11 is 0. The highest BCUT2D eigenvalue weighted by molar-refractivity contribution is 5.75. The molecular formula is C17H27N3O. The van der Waals surface area contributed by atoms with Gasteiger partial charge in [0.05, 0.1) is 0 Å². The fourth-order valence-electron chi connectivity index (χ4n) is 2.83. The number of hydrogen-bond acceptors (Lipinski definition) is 3. The molecule has 4 heteroatoms. The van der Waals surface area contributed by atoms with Gasteiger partial charge in [-0.2, -0.15) is 0 Å². The molecular weight excluding hydrogens is 262 g/mol. The second-order valence-corrected chi connectivity index (χ2v) is 6.07. The highest BCUT2D eigenvalue weighted by atomic mass is 16.1. The van der Waals surface area contributed by atoms with E-state index in [0.29, 0.717) is 12.5 Å². The van der Waals surface area contributed by atoms with Crippen molar-refractivity contribution in [2.75, 3.05) is 13.1 Å². The highest BCUT2D eigenvalue weighted by Crippen LogP contribution is 2.19. The molecule has 1 amide bonds. The molecule has 2 atom stereocenters. The zero-order valence-corrected chi connectivity index (χ0v) is 12.9. The van der Waals surface area contributed by atoms with Crippen LogP contribution in [0.4, 0.5) is 0 Å². The lowest BCUT2D eigenvalue weighted by molar-refractivity contribution is -0.121. The predicted octanol–water partition coefficient (Wildman–Crippen LogP) is 1.89. The summed E-state index contributed by atoms with van der Waals surface area (Å²) in [6.45, 7) is 4.78. The van der Waals surface area contributed by atoms with E-state index in [2.05, 4.69) is 34.5 Å². The van der Waals surface area contributed by atoms with Gasteiger partial charge in [-0.3, -0.25) is 9.69 Å². The van der Waals surface area contributed by atoms with Gasteiger partial charge >= 0.3 is 0 Å². The molecule has 2 rings (SSSR count). The van der Waals surface area contributed by atoms with Crippen LogP contribution in [0.2, 0.25) is 0 Å². The van der Waals surface area contributed by atoms with Gasteiger partial charge in [0.2, 0.25) is 5.91 Å². The Balaban J connectivity index is 1.75. The number of carbonyl (C=O) groups excluding carboxylic acids is 1. The van der Waals surface area contributed by atoms with E-state index in [1.165, 1.54) is 18.4 Å². The smallest absolute Gasteiger partial charge is 0.220 e. The van der Waals surface area contributed by atoms with Crippen molar-refractivity contribution in [1.82, 2.24) is 10.2 Å². The summed E-state index contributed by atoms with van der Waals surface area (Å²) in [5.41, 5.74) is 7.02. The maximum atomic E-state index is 11.8. The Morgan fingerprint density at radius 2 is 2.19 bits per heavy atom. The number of rotatable bonds is 7. The second kappa shape index (κ2) is 8.15. The lowest BCUT2D eigenvalue weighted by atomic mass is 10.1. The minimum Gasteiger partial charge on any atom is -0.355 e. The first-order valence-electron chi connectivity index (χ1n) is 7.95. The van der Waals surface area contributed by atoms with E-state index in [-0.39, 0.29) is 11.9 Å². The third-order valence-electron chi connectivity index (χ3n) is 4.09. The number of benzene rings is 1. The Kier molecular flexibility index (Phi) is 6.21. The molecule has 1 aromatic rings. The van der Waals surface area contributed by atoms with Crippen LogP contribution in [0.25, 0.3) is 0 Å². The van der Waals surface area contributed by atoms with Crippen molar-refractivity contribution >= 4 is 5.91 Å². The van der Waals surface area contributed by atoms with Crippen molar-refractivity contribution in [2.45, 2.75) is 51.2 Å². The van der Waals surface area contributed by atoms with Gasteiger partial charge in [-0.05, 0) is 38.3 Å². The molecule has 0 aliphatic carbocycles. The van der Waals surface area contributed by atoms with Gasteiger partial charge in [-0.1, -0.05) is 30.3 Å². The van der Waals surface area contributed by atoms with E-state index >= 15 is 0 Å². The topological polar surface area (TPSA) is 58.4 Å². The number of hydrogen-bond donors (Lipinski definition) is 2. The Hall–Kier alpha value is -1.39. The number of likely N-dealkylation sites (tertiary alicyclic amines) is 1. The van der Waals surface area contributed by atoms with Gasteiger partial charge in [-0.15, -0.1) is 0 Å². The van der Waals surface area contributed by atoms with Crippen LogP contribution < -0.4 is 11.1 Å². The molecule has 1 aliphatic rings. The molecule has 21 heavy (non-hydrogen) atoms. The van der Waals surface area contributed by atoms with E-state index in [1.807, 2.05) is 13.0 Å². The highest BCUT2D eigenvalue weighted by Gasteiger charge is 2.24. The third-order valence-corrected chi connectivity index (χ3v) is 4.09. The number of nitrogens with one attached hydrogen (secondary N) is 1. The quantitative estimate of drug-likeness (QED) is 0.806. The van der Waals surface area contributed by atoms with Crippen LogP contribution in [-0.4, -0.2) is 36.0 Å². The first-order chi connectivity index (χ1) is 10.1. The summed E-state index contributed by atoms with van der Waals surface area (Å²) in [5, 5.41) is 3.06. The van der Waals surface area contributed by atoms with E-state index in [9.17, 15) is 4.79 Å². The molecule has 2 unspecified atom stereocenters. The fourth-order valence-corrected chi connectivity index (χ4v) is 2.83. The van der Waals surface area contributed by atoms with Crippen LogP contribution in [0.3, 0.4) is 0 Å². The Bertz CT molecular complexity index is 433. The van der Waals surface area contributed by atoms with Crippen LogP contribution in [0.5, 0.6) is 0 Å². The van der Waals surface area contributed by atoms with Crippen molar-refractivity contribution in [1.29, 1.82) is 0 Å². The molecule has 116 valence electrons. The maximum Gasteiger partial charge on any atom is 0.220 e. The van der Waals surface area contributed by atoms with E-state index in [1.54, 1.807) is 0 Å². The van der Waals surface area contributed by atoms with Gasteiger partial charge in [-0.25, -0.2) is 0 Å². The minimum absolute atomic E-state index is 0.0943. The Morgan fingerprint density at radius 3 is 2.90 bits per heavy atom. The van der Waals surface area contributed by atoms with Crippen LogP contribution in [0, 0.1) is 0 Å². The molecule has 0 aromatic heterocycles. The lowest BCUT2D eigenvalue weighted by Crippen LogP contribution is -2.40. The maximum absolute atomic E-state index is 11.8. The summed E-state index contributed by atoms with van der Waals surface area (Å²) in [6, 6.07) is 11.1. The van der Waals surface area contributed by atoms with E-state index in [0.717, 1.165) is 26.1 Å². The van der Waals surface area contributed by atoms with E-state index in [4.69, 9.17) is 5.73 Å². The molecule has 3 N–H and O–H groups in total. The molecule has 1 heterocycles. The minimum atomic E-state index is 0.0943. The van der Waals surface area contributed by atoms with Gasteiger partial charge in [0.25, 0.3) is 0 Å². The number of amides is 1. The molecule has 0 bridgehead atoms. The largest absolute Gasteiger partial charge is 0.355 e. The van der Waals surface area contributed by atoms with Crippen LogP contribution in [-0.2, 0) is 11.3 Å². The number of nitrogens with two attached hydrogens (primary N) is 1. The predicted molar refractivity (Wildman–Crippen MR) is 85.8 cm³/mol. The van der Waals surface area contributed by atoms with Crippen LogP contribution in [0.1, 0.15) is 38.2 Å². The molecule has 0 saturated carbocycles. The van der Waals surface area contributed by atoms with Gasteiger partial charge in [0.15, 0.2) is 0 Å². The zero-order valence-electron chi connectivity index (χ0n) is 12.9. The van der Waals surface area contributed by atoms with Crippen molar-refractivity contribution in [2.24, 2.45) is 5.73 Å². The van der Waals surface area contributed by atoms with Gasteiger partial charge in [0, 0.05) is 31.6 Å². The summed E-state index contributed by atoms with van der Waals surface area (Å²) in [6.07, 6.45) is 3.67. The van der Waals surface area contributed by atoms with Crippen LogP contribution >= 0.6 is 0 Å². The SMILES string of the molecule is CC(N)CCC(=O)NCC1CCCN1Cc1ccccc1. The summed E-state index contributed by atoms with van der Waals surface area (Å²) < 4.78 is 0. The Morgan fingerprint density at radius 1 is 1.43 bits per heavy atom. The first-order valence-corrected chi connectivity index (χ1v) is 7.95. The van der Waals surface area contributed by atoms with Crippen molar-refractivity contribution in [3.05, 3.63) is 35.9 Å². The van der Waals surface area contributed by atoms with E-state index < -0.39 is 0 Å². The monoisotopic (exact) mass is 289 g/mol. The molecule has 1 saturated heterocycles. The van der Waals surface area contributed by atoms with Crippen molar-refractivity contribution < 1.29 is 4.79 Å². The summed E-state index contributed by atoms with van der Waals surface area (Å²) in [7, 11) is 0. The fraction of sp³-hybridized carbons (Fsp3) is 0.588. The third kappa shape index (κ3) is 5.48. The first kappa shape index (κ1) is 16.0. The Labute approximate surface area is 127 Å². The molecule has 0 spiro atoms. The molecule has 1 aliphatic heterocycles. The average molecular weight is 289 g/mol. The van der Waals surface area contributed by atoms with Crippen molar-refractivity contribution in [3.8, 4) is 0 Å².